The van der Waals surface area contributed by atoms with E-state index >= 15 is 0 Å². The molecule has 174 valence electrons. The number of rotatable bonds is 12. The molecule has 0 saturated carbocycles. The van der Waals surface area contributed by atoms with Crippen molar-refractivity contribution in [3.05, 3.63) is 88.5 Å². The van der Waals surface area contributed by atoms with E-state index in [1.165, 1.54) is 5.56 Å². The molecule has 0 aliphatic rings. The molecule has 0 unspecified atom stereocenters. The van der Waals surface area contributed by atoms with Crippen LogP contribution in [0.5, 0.6) is 17.2 Å². The fourth-order valence-corrected chi connectivity index (χ4v) is 4.21. The maximum Gasteiger partial charge on any atom is 0.335 e. The number of benzene rings is 3. The molecule has 5 heteroatoms. The lowest BCUT2D eigenvalue weighted by molar-refractivity contribution is 0.0696. The first-order chi connectivity index (χ1) is 16.1. The van der Waals surface area contributed by atoms with Gasteiger partial charge in [-0.2, -0.15) is 0 Å². The van der Waals surface area contributed by atoms with Gasteiger partial charge in [0.15, 0.2) is 11.5 Å². The monoisotopic (exact) mass is 448 g/mol. The summed E-state index contributed by atoms with van der Waals surface area (Å²) in [5, 5.41) is 9.22. The molecule has 3 rings (SSSR count). The fraction of sp³-hybridized carbons (Fsp3) is 0.321. The molecular formula is C28H32O5. The molecular weight excluding hydrogens is 416 g/mol. The highest BCUT2D eigenvalue weighted by Gasteiger charge is 2.20. The lowest BCUT2D eigenvalue weighted by atomic mass is 9.96. The van der Waals surface area contributed by atoms with Gasteiger partial charge in [0.2, 0.25) is 5.75 Å². The third kappa shape index (κ3) is 6.28. The zero-order valence-electron chi connectivity index (χ0n) is 19.6. The zero-order valence-corrected chi connectivity index (χ0v) is 19.6. The average Bonchev–Trinajstić information content (AvgIpc) is 2.84. The lowest BCUT2D eigenvalue weighted by Gasteiger charge is -2.19. The fourth-order valence-electron chi connectivity index (χ4n) is 4.21. The van der Waals surface area contributed by atoms with Crippen molar-refractivity contribution in [3.63, 3.8) is 0 Å². The summed E-state index contributed by atoms with van der Waals surface area (Å²) < 4.78 is 17.1. The number of carboxylic acids is 1. The molecule has 33 heavy (non-hydrogen) atoms. The van der Waals surface area contributed by atoms with Gasteiger partial charge in [-0.1, -0.05) is 42.5 Å². The summed E-state index contributed by atoms with van der Waals surface area (Å²) >= 11 is 0. The predicted molar refractivity (Wildman–Crippen MR) is 130 cm³/mol. The Balaban J connectivity index is 1.77. The number of ether oxygens (including phenoxy) is 3. The highest BCUT2D eigenvalue weighted by molar-refractivity contribution is 5.87. The van der Waals surface area contributed by atoms with Crippen LogP contribution in [-0.2, 0) is 25.7 Å². The van der Waals surface area contributed by atoms with E-state index in [2.05, 4.69) is 30.3 Å². The number of hydrogen-bond donors (Lipinski definition) is 1. The molecule has 1 N–H and O–H groups in total. The van der Waals surface area contributed by atoms with Crippen molar-refractivity contribution in [2.45, 2.75) is 38.5 Å². The van der Waals surface area contributed by atoms with Gasteiger partial charge >= 0.3 is 5.97 Å². The van der Waals surface area contributed by atoms with Gasteiger partial charge in [0.05, 0.1) is 26.9 Å². The minimum Gasteiger partial charge on any atom is -0.492 e. The maximum absolute atomic E-state index is 11.2. The quantitative estimate of drug-likeness (QED) is 0.382. The van der Waals surface area contributed by atoms with Crippen molar-refractivity contribution in [2.24, 2.45) is 0 Å². The number of hydrogen-bond acceptors (Lipinski definition) is 4. The molecule has 0 aliphatic carbocycles. The molecule has 0 atom stereocenters. The minimum absolute atomic E-state index is 0.317. The van der Waals surface area contributed by atoms with Crippen LogP contribution in [-0.4, -0.2) is 32.4 Å². The zero-order chi connectivity index (χ0) is 23.6. The van der Waals surface area contributed by atoms with E-state index in [-0.39, 0.29) is 0 Å². The van der Waals surface area contributed by atoms with E-state index in [1.54, 1.807) is 39.5 Å². The minimum atomic E-state index is -0.904. The van der Waals surface area contributed by atoms with E-state index < -0.39 is 5.97 Å². The van der Waals surface area contributed by atoms with E-state index in [4.69, 9.17) is 14.2 Å². The Labute approximate surface area is 195 Å². The predicted octanol–water partition coefficient (Wildman–Crippen LogP) is 5.76. The second kappa shape index (κ2) is 12.0. The summed E-state index contributed by atoms with van der Waals surface area (Å²) in [4.78, 5) is 11.2. The van der Waals surface area contributed by atoms with Crippen molar-refractivity contribution in [2.75, 3.05) is 21.3 Å². The first-order valence-corrected chi connectivity index (χ1v) is 11.2. The van der Waals surface area contributed by atoms with E-state index in [1.807, 2.05) is 12.1 Å². The molecule has 0 amide bonds. The first-order valence-electron chi connectivity index (χ1n) is 11.2. The van der Waals surface area contributed by atoms with Crippen LogP contribution in [0, 0.1) is 0 Å². The largest absolute Gasteiger partial charge is 0.492 e. The van der Waals surface area contributed by atoms with Crippen LogP contribution in [0.15, 0.2) is 60.7 Å². The highest BCUT2D eigenvalue weighted by atomic mass is 16.5. The Morgan fingerprint density at radius 3 is 1.76 bits per heavy atom. The second-order valence-corrected chi connectivity index (χ2v) is 7.99. The second-order valence-electron chi connectivity index (χ2n) is 7.99. The van der Waals surface area contributed by atoms with Crippen molar-refractivity contribution in [3.8, 4) is 17.2 Å². The van der Waals surface area contributed by atoms with Crippen LogP contribution in [0.1, 0.15) is 45.5 Å². The smallest absolute Gasteiger partial charge is 0.335 e. The summed E-state index contributed by atoms with van der Waals surface area (Å²) in [5.74, 6) is 1.14. The Hall–Kier alpha value is -3.47. The average molecular weight is 449 g/mol. The Morgan fingerprint density at radius 1 is 0.667 bits per heavy atom. The molecule has 3 aromatic rings. The Morgan fingerprint density at radius 2 is 1.21 bits per heavy atom. The van der Waals surface area contributed by atoms with Crippen LogP contribution >= 0.6 is 0 Å². The topological polar surface area (TPSA) is 65.0 Å². The van der Waals surface area contributed by atoms with E-state index in [0.717, 1.165) is 61.0 Å². The molecule has 0 bridgehead atoms. The van der Waals surface area contributed by atoms with Crippen LogP contribution < -0.4 is 14.2 Å². The van der Waals surface area contributed by atoms with Gasteiger partial charge in [-0.25, -0.2) is 4.79 Å². The van der Waals surface area contributed by atoms with Crippen molar-refractivity contribution < 1.29 is 24.1 Å². The van der Waals surface area contributed by atoms with Crippen molar-refractivity contribution >= 4 is 5.97 Å². The van der Waals surface area contributed by atoms with Crippen molar-refractivity contribution in [1.82, 2.24) is 0 Å². The molecule has 0 spiro atoms. The van der Waals surface area contributed by atoms with Crippen LogP contribution in [0.4, 0.5) is 0 Å². The molecule has 0 aromatic heterocycles. The number of carboxylic acid groups (broad SMARTS) is 1. The van der Waals surface area contributed by atoms with Gasteiger partial charge in [0, 0.05) is 0 Å². The Bertz CT molecular complexity index is 1060. The number of carbonyl (C=O) groups is 1. The number of aromatic carboxylic acids is 1. The first kappa shape index (κ1) is 24.2. The highest BCUT2D eigenvalue weighted by Crippen LogP contribution is 2.43. The number of methoxy groups -OCH3 is 3. The lowest BCUT2D eigenvalue weighted by Crippen LogP contribution is -2.04. The number of aryl methyl sites for hydroxylation is 4. The third-order valence-electron chi connectivity index (χ3n) is 5.80. The summed E-state index contributed by atoms with van der Waals surface area (Å²) in [6.07, 6.45) is 5.28. The van der Waals surface area contributed by atoms with Gasteiger partial charge in [-0.3, -0.25) is 0 Å². The van der Waals surface area contributed by atoms with E-state index in [0.29, 0.717) is 17.1 Å². The summed E-state index contributed by atoms with van der Waals surface area (Å²) in [7, 11) is 4.94. The molecule has 0 aliphatic heterocycles. The molecule has 0 radical (unpaired) electrons. The molecule has 3 aromatic carbocycles. The van der Waals surface area contributed by atoms with Crippen molar-refractivity contribution in [1.29, 1.82) is 0 Å². The van der Waals surface area contributed by atoms with Gasteiger partial charge in [-0.05, 0) is 79.0 Å². The summed E-state index contributed by atoms with van der Waals surface area (Å²) in [5.41, 5.74) is 4.82. The van der Waals surface area contributed by atoms with Gasteiger partial charge < -0.3 is 19.3 Å². The molecule has 0 heterocycles. The van der Waals surface area contributed by atoms with Crippen LogP contribution in [0.3, 0.4) is 0 Å². The van der Waals surface area contributed by atoms with Crippen LogP contribution in [0.2, 0.25) is 0 Å². The summed E-state index contributed by atoms with van der Waals surface area (Å²) in [6.45, 7) is 0. The molecule has 0 fully saturated rings. The molecule has 5 nitrogen and oxygen atoms in total. The Kier molecular flexibility index (Phi) is 8.76. The normalized spacial score (nSPS) is 10.6. The molecule has 0 saturated heterocycles. The maximum atomic E-state index is 11.2. The van der Waals surface area contributed by atoms with Gasteiger partial charge in [0.25, 0.3) is 0 Å². The summed E-state index contributed by atoms with van der Waals surface area (Å²) in [6, 6.07) is 19.7. The van der Waals surface area contributed by atoms with Gasteiger partial charge in [0.1, 0.15) is 0 Å². The third-order valence-corrected chi connectivity index (χ3v) is 5.80. The van der Waals surface area contributed by atoms with E-state index in [9.17, 15) is 9.90 Å². The SMILES string of the molecule is COc1c(CCCc2ccccc2)cc(CCCc2cccc(C(=O)O)c2)c(OC)c1OC. The van der Waals surface area contributed by atoms with Crippen LogP contribution in [0.25, 0.3) is 0 Å². The standard InChI is InChI=1S/C28H32O5/c1-31-25-22(15-7-12-20-10-5-4-6-11-20)19-23(26(32-2)27(25)33-3)16-8-13-21-14-9-17-24(18-21)28(29)30/h4-6,9-11,14,17-19H,7-8,12-13,15-16H2,1-3H3,(H,29,30). The van der Waals surface area contributed by atoms with Gasteiger partial charge in [-0.15, -0.1) is 0 Å².